The summed E-state index contributed by atoms with van der Waals surface area (Å²) in [5.41, 5.74) is 0. The first kappa shape index (κ1) is 12.9. The molecule has 1 aliphatic heterocycles. The maximum Gasteiger partial charge on any atom is 0.0512 e. The molecule has 0 atom stereocenters. The Labute approximate surface area is 83.9 Å². The fourth-order valence-corrected chi connectivity index (χ4v) is 1.47. The van der Waals surface area contributed by atoms with Crippen molar-refractivity contribution in [2.75, 3.05) is 19.8 Å². The van der Waals surface area contributed by atoms with E-state index in [0.29, 0.717) is 12.1 Å². The summed E-state index contributed by atoms with van der Waals surface area (Å²) < 4.78 is 0. The van der Waals surface area contributed by atoms with Crippen molar-refractivity contribution in [3.05, 3.63) is 0 Å². The topological polar surface area (TPSA) is 6.48 Å². The van der Waals surface area contributed by atoms with Crippen molar-refractivity contribution in [2.24, 2.45) is 0 Å². The molecular formula is C11H26N2. The van der Waals surface area contributed by atoms with Crippen LogP contribution in [-0.2, 0) is 0 Å². The molecule has 2 heteroatoms. The summed E-state index contributed by atoms with van der Waals surface area (Å²) in [5, 5.41) is 0. The third-order valence-corrected chi connectivity index (χ3v) is 2.50. The van der Waals surface area contributed by atoms with Crippen LogP contribution in [-0.4, -0.2) is 41.6 Å². The molecule has 0 unspecified atom stereocenters. The van der Waals surface area contributed by atoms with Gasteiger partial charge < -0.3 is 0 Å². The Morgan fingerprint density at radius 3 is 1.23 bits per heavy atom. The highest BCUT2D eigenvalue weighted by Crippen LogP contribution is 2.11. The van der Waals surface area contributed by atoms with Crippen molar-refractivity contribution in [2.45, 2.75) is 53.6 Å². The third-order valence-electron chi connectivity index (χ3n) is 2.50. The second-order valence-electron chi connectivity index (χ2n) is 3.95. The molecule has 0 spiro atoms. The summed E-state index contributed by atoms with van der Waals surface area (Å²) in [6.07, 6.45) is 0. The summed E-state index contributed by atoms with van der Waals surface area (Å²) in [4.78, 5) is 5.03. The molecule has 1 saturated heterocycles. The zero-order chi connectivity index (χ0) is 10.4. The molecule has 1 rings (SSSR count). The van der Waals surface area contributed by atoms with Gasteiger partial charge in [0.25, 0.3) is 0 Å². The molecule has 0 amide bonds. The molecule has 0 aromatic heterocycles. The molecular weight excluding hydrogens is 160 g/mol. The molecule has 1 fully saturated rings. The molecule has 0 aliphatic carbocycles. The predicted octanol–water partition coefficient (Wildman–Crippen LogP) is 2.40. The summed E-state index contributed by atoms with van der Waals surface area (Å²) in [6, 6.07) is 1.41. The summed E-state index contributed by atoms with van der Waals surface area (Å²) >= 11 is 0. The lowest BCUT2D eigenvalue weighted by Crippen LogP contribution is -2.33. The Balaban J connectivity index is 0.000000671. The molecule has 0 radical (unpaired) electrons. The van der Waals surface area contributed by atoms with Crippen LogP contribution in [0.15, 0.2) is 0 Å². The molecule has 80 valence electrons. The minimum absolute atomic E-state index is 0.707. The van der Waals surface area contributed by atoms with Gasteiger partial charge in [0.1, 0.15) is 0 Å². The third kappa shape index (κ3) is 4.10. The molecule has 0 aromatic rings. The highest BCUT2D eigenvalue weighted by Gasteiger charge is 2.22. The number of nitrogens with zero attached hydrogens (tertiary/aromatic N) is 2. The molecule has 0 aromatic carbocycles. The van der Waals surface area contributed by atoms with Crippen LogP contribution in [0.5, 0.6) is 0 Å². The van der Waals surface area contributed by atoms with Gasteiger partial charge in [-0.15, -0.1) is 0 Å². The minimum atomic E-state index is 0.707. The van der Waals surface area contributed by atoms with Crippen molar-refractivity contribution in [3.63, 3.8) is 0 Å². The molecule has 0 N–H and O–H groups in total. The van der Waals surface area contributed by atoms with Gasteiger partial charge in [0.05, 0.1) is 6.67 Å². The zero-order valence-electron chi connectivity index (χ0n) is 10.2. The Kier molecular flexibility index (Phi) is 6.35. The van der Waals surface area contributed by atoms with E-state index >= 15 is 0 Å². The van der Waals surface area contributed by atoms with Gasteiger partial charge in [0.15, 0.2) is 0 Å². The number of hydrogen-bond donors (Lipinski definition) is 0. The highest BCUT2D eigenvalue weighted by molar-refractivity contribution is 4.75. The smallest absolute Gasteiger partial charge is 0.0512 e. The summed E-state index contributed by atoms with van der Waals surface area (Å²) in [7, 11) is 0. The fraction of sp³-hybridized carbons (Fsp3) is 1.00. The van der Waals surface area contributed by atoms with E-state index in [2.05, 4.69) is 37.5 Å². The average molecular weight is 186 g/mol. The SMILES string of the molecule is CC.CC(C)N1CCN(C(C)C)C1. The van der Waals surface area contributed by atoms with E-state index in [1.165, 1.54) is 13.1 Å². The first-order valence-corrected chi connectivity index (χ1v) is 5.59. The van der Waals surface area contributed by atoms with Crippen molar-refractivity contribution >= 4 is 0 Å². The average Bonchev–Trinajstić information content (AvgIpc) is 2.56. The Morgan fingerprint density at radius 1 is 0.769 bits per heavy atom. The van der Waals surface area contributed by atoms with E-state index in [4.69, 9.17) is 0 Å². The maximum absolute atomic E-state index is 2.51. The molecule has 13 heavy (non-hydrogen) atoms. The van der Waals surface area contributed by atoms with Crippen molar-refractivity contribution in [3.8, 4) is 0 Å². The normalized spacial score (nSPS) is 19.4. The van der Waals surface area contributed by atoms with Gasteiger partial charge in [0.2, 0.25) is 0 Å². The summed E-state index contributed by atoms with van der Waals surface area (Å²) in [5.74, 6) is 0. The van der Waals surface area contributed by atoms with Gasteiger partial charge in [-0.3, -0.25) is 9.80 Å². The monoisotopic (exact) mass is 186 g/mol. The molecule has 1 aliphatic rings. The van der Waals surface area contributed by atoms with Crippen molar-refractivity contribution in [1.29, 1.82) is 0 Å². The van der Waals surface area contributed by atoms with Gasteiger partial charge in [-0.25, -0.2) is 0 Å². The quantitative estimate of drug-likeness (QED) is 0.653. The van der Waals surface area contributed by atoms with E-state index in [-0.39, 0.29) is 0 Å². The lowest BCUT2D eigenvalue weighted by Gasteiger charge is -2.23. The van der Waals surface area contributed by atoms with Gasteiger partial charge in [0, 0.05) is 25.2 Å². The first-order chi connectivity index (χ1) is 6.11. The molecule has 0 saturated carbocycles. The first-order valence-electron chi connectivity index (χ1n) is 5.59. The fourth-order valence-electron chi connectivity index (χ4n) is 1.47. The van der Waals surface area contributed by atoms with Crippen molar-refractivity contribution in [1.82, 2.24) is 9.80 Å². The van der Waals surface area contributed by atoms with Crippen LogP contribution < -0.4 is 0 Å². The maximum atomic E-state index is 2.51. The zero-order valence-corrected chi connectivity index (χ0v) is 10.2. The van der Waals surface area contributed by atoms with Crippen molar-refractivity contribution < 1.29 is 0 Å². The van der Waals surface area contributed by atoms with Crippen LogP contribution in [0, 0.1) is 0 Å². The van der Waals surface area contributed by atoms with E-state index in [1.54, 1.807) is 0 Å². The minimum Gasteiger partial charge on any atom is -0.287 e. The molecule has 1 heterocycles. The van der Waals surface area contributed by atoms with Crippen LogP contribution in [0.2, 0.25) is 0 Å². The molecule has 2 nitrogen and oxygen atoms in total. The van der Waals surface area contributed by atoms with Gasteiger partial charge in [-0.2, -0.15) is 0 Å². The predicted molar refractivity (Wildman–Crippen MR) is 59.9 cm³/mol. The Morgan fingerprint density at radius 2 is 1.08 bits per heavy atom. The standard InChI is InChI=1S/C9H20N2.C2H6/c1-8(2)10-5-6-11(7-10)9(3)4;1-2/h8-9H,5-7H2,1-4H3;1-2H3. The molecule has 0 bridgehead atoms. The van der Waals surface area contributed by atoms with Crippen LogP contribution in [0.1, 0.15) is 41.5 Å². The number of hydrogen-bond acceptors (Lipinski definition) is 2. The van der Waals surface area contributed by atoms with Crippen LogP contribution >= 0.6 is 0 Å². The van der Waals surface area contributed by atoms with Crippen LogP contribution in [0.4, 0.5) is 0 Å². The van der Waals surface area contributed by atoms with Gasteiger partial charge >= 0.3 is 0 Å². The van der Waals surface area contributed by atoms with E-state index in [0.717, 1.165) is 6.67 Å². The lowest BCUT2D eigenvalue weighted by atomic mass is 10.3. The largest absolute Gasteiger partial charge is 0.287 e. The van der Waals surface area contributed by atoms with E-state index in [9.17, 15) is 0 Å². The second-order valence-corrected chi connectivity index (χ2v) is 3.95. The second kappa shape index (κ2) is 6.39. The van der Waals surface area contributed by atoms with Gasteiger partial charge in [-0.05, 0) is 27.7 Å². The highest BCUT2D eigenvalue weighted by atomic mass is 15.4. The Hall–Kier alpha value is -0.0800. The Bertz CT molecular complexity index is 107. The lowest BCUT2D eigenvalue weighted by molar-refractivity contribution is 0.187. The van der Waals surface area contributed by atoms with E-state index in [1.807, 2.05) is 13.8 Å². The number of rotatable bonds is 2. The summed E-state index contributed by atoms with van der Waals surface area (Å²) in [6.45, 7) is 16.7. The van der Waals surface area contributed by atoms with Crippen LogP contribution in [0.3, 0.4) is 0 Å². The van der Waals surface area contributed by atoms with Crippen LogP contribution in [0.25, 0.3) is 0 Å². The van der Waals surface area contributed by atoms with Gasteiger partial charge in [-0.1, -0.05) is 13.8 Å². The van der Waals surface area contributed by atoms with E-state index < -0.39 is 0 Å².